The summed E-state index contributed by atoms with van der Waals surface area (Å²) in [6, 6.07) is 0.521. The van der Waals surface area contributed by atoms with Crippen molar-refractivity contribution in [3.05, 3.63) is 0 Å². The van der Waals surface area contributed by atoms with Crippen molar-refractivity contribution in [3.63, 3.8) is 0 Å². The van der Waals surface area contributed by atoms with E-state index < -0.39 is 0 Å². The highest BCUT2D eigenvalue weighted by Gasteiger charge is 2.33. The maximum absolute atomic E-state index is 12.4. The molecule has 0 aliphatic carbocycles. The van der Waals surface area contributed by atoms with Crippen molar-refractivity contribution >= 4 is 5.91 Å². The van der Waals surface area contributed by atoms with Crippen molar-refractivity contribution in [1.82, 2.24) is 15.1 Å². The number of likely N-dealkylation sites (N-methyl/N-ethyl adjacent to an activating group) is 1. The summed E-state index contributed by atoms with van der Waals surface area (Å²) in [5, 5.41) is 3.36. The zero-order chi connectivity index (χ0) is 12.3. The number of likely N-dealkylation sites (tertiary alicyclic amines) is 1. The second kappa shape index (κ2) is 5.83. The van der Waals surface area contributed by atoms with Gasteiger partial charge in [0.05, 0.1) is 6.04 Å². The number of hydrogen-bond acceptors (Lipinski definition) is 3. The van der Waals surface area contributed by atoms with Gasteiger partial charge in [0.15, 0.2) is 0 Å². The number of piperidine rings is 1. The fourth-order valence-corrected chi connectivity index (χ4v) is 3.00. The summed E-state index contributed by atoms with van der Waals surface area (Å²) in [5.74, 6) is 0.342. The van der Waals surface area contributed by atoms with Gasteiger partial charge in [-0.15, -0.1) is 0 Å². The molecule has 2 fully saturated rings. The number of amides is 1. The van der Waals surface area contributed by atoms with Crippen molar-refractivity contribution < 1.29 is 4.79 Å². The maximum atomic E-state index is 12.4. The quantitative estimate of drug-likeness (QED) is 0.787. The van der Waals surface area contributed by atoms with Gasteiger partial charge >= 0.3 is 0 Å². The third-order valence-electron chi connectivity index (χ3n) is 3.84. The van der Waals surface area contributed by atoms with E-state index in [0.717, 1.165) is 38.9 Å². The summed E-state index contributed by atoms with van der Waals surface area (Å²) in [5.41, 5.74) is 0. The van der Waals surface area contributed by atoms with Crippen LogP contribution in [-0.4, -0.2) is 61.5 Å². The first kappa shape index (κ1) is 12.8. The van der Waals surface area contributed by atoms with E-state index >= 15 is 0 Å². The average molecular weight is 239 g/mol. The van der Waals surface area contributed by atoms with Crippen LogP contribution in [0.25, 0.3) is 0 Å². The number of carbonyl (C=O) groups excluding carboxylic acids is 1. The molecule has 0 bridgehead atoms. The molecular formula is C13H25N3O. The van der Waals surface area contributed by atoms with E-state index in [9.17, 15) is 4.79 Å². The normalized spacial score (nSPS) is 29.9. The Morgan fingerprint density at radius 2 is 2.12 bits per heavy atom. The molecule has 2 aliphatic rings. The summed E-state index contributed by atoms with van der Waals surface area (Å²) >= 11 is 0. The molecule has 1 amide bonds. The van der Waals surface area contributed by atoms with E-state index in [0.29, 0.717) is 11.9 Å². The summed E-state index contributed by atoms with van der Waals surface area (Å²) in [4.78, 5) is 16.7. The first-order valence-corrected chi connectivity index (χ1v) is 6.87. The molecule has 0 radical (unpaired) electrons. The number of nitrogens with zero attached hydrogens (tertiary/aromatic N) is 2. The van der Waals surface area contributed by atoms with Gasteiger partial charge in [-0.1, -0.05) is 6.42 Å². The fourth-order valence-electron chi connectivity index (χ4n) is 3.00. The Kier molecular flexibility index (Phi) is 4.40. The van der Waals surface area contributed by atoms with Gasteiger partial charge in [-0.3, -0.25) is 4.79 Å². The molecular weight excluding hydrogens is 214 g/mol. The molecule has 0 spiro atoms. The van der Waals surface area contributed by atoms with Crippen LogP contribution >= 0.6 is 0 Å². The van der Waals surface area contributed by atoms with Crippen molar-refractivity contribution in [3.8, 4) is 0 Å². The minimum absolute atomic E-state index is 0.0894. The fraction of sp³-hybridized carbons (Fsp3) is 0.923. The van der Waals surface area contributed by atoms with E-state index in [2.05, 4.69) is 29.2 Å². The van der Waals surface area contributed by atoms with Gasteiger partial charge in [0.25, 0.3) is 0 Å². The molecule has 1 unspecified atom stereocenters. The van der Waals surface area contributed by atoms with Crippen LogP contribution in [0, 0.1) is 0 Å². The van der Waals surface area contributed by atoms with E-state index in [1.54, 1.807) is 0 Å². The molecule has 0 aromatic carbocycles. The number of carbonyl (C=O) groups is 1. The highest BCUT2D eigenvalue weighted by Crippen LogP contribution is 2.20. The number of nitrogens with one attached hydrogen (secondary N) is 1. The molecule has 0 aromatic heterocycles. The molecule has 2 aliphatic heterocycles. The third kappa shape index (κ3) is 3.19. The van der Waals surface area contributed by atoms with Gasteiger partial charge in [-0.2, -0.15) is 0 Å². The van der Waals surface area contributed by atoms with E-state index in [-0.39, 0.29) is 6.04 Å². The SMILES string of the molecule is CN(C)CC1CCCN1C(=O)[C@H]1CCCCN1. The molecule has 2 saturated heterocycles. The molecule has 0 aromatic rings. The zero-order valence-corrected chi connectivity index (χ0v) is 11.1. The molecule has 0 saturated carbocycles. The lowest BCUT2D eigenvalue weighted by atomic mass is 10.0. The van der Waals surface area contributed by atoms with Gasteiger partial charge in [0.1, 0.15) is 0 Å². The van der Waals surface area contributed by atoms with Gasteiger partial charge in [0.2, 0.25) is 5.91 Å². The predicted octanol–water partition coefficient (Wildman–Crippen LogP) is 0.681. The van der Waals surface area contributed by atoms with E-state index in [1.807, 2.05) is 0 Å². The second-order valence-electron chi connectivity index (χ2n) is 5.59. The minimum atomic E-state index is 0.0894. The largest absolute Gasteiger partial charge is 0.337 e. The molecule has 4 nitrogen and oxygen atoms in total. The van der Waals surface area contributed by atoms with Crippen LogP contribution < -0.4 is 5.32 Å². The van der Waals surface area contributed by atoms with Crippen LogP contribution in [-0.2, 0) is 4.79 Å². The Hall–Kier alpha value is -0.610. The first-order chi connectivity index (χ1) is 8.18. The zero-order valence-electron chi connectivity index (χ0n) is 11.1. The molecule has 2 atom stereocenters. The lowest BCUT2D eigenvalue weighted by Crippen LogP contribution is -2.51. The van der Waals surface area contributed by atoms with Gasteiger partial charge in [0, 0.05) is 19.1 Å². The highest BCUT2D eigenvalue weighted by molar-refractivity contribution is 5.82. The van der Waals surface area contributed by atoms with Crippen LogP contribution in [0.4, 0.5) is 0 Å². The Balaban J connectivity index is 1.92. The van der Waals surface area contributed by atoms with Crippen molar-refractivity contribution in [2.75, 3.05) is 33.7 Å². The first-order valence-electron chi connectivity index (χ1n) is 6.87. The number of hydrogen-bond donors (Lipinski definition) is 1. The Morgan fingerprint density at radius 3 is 2.76 bits per heavy atom. The number of rotatable bonds is 3. The topological polar surface area (TPSA) is 35.6 Å². The average Bonchev–Trinajstić information content (AvgIpc) is 2.76. The van der Waals surface area contributed by atoms with Gasteiger partial charge in [-0.25, -0.2) is 0 Å². The lowest BCUT2D eigenvalue weighted by molar-refractivity contribution is -0.135. The standard InChI is InChI=1S/C13H25N3O/c1-15(2)10-11-6-5-9-16(11)13(17)12-7-3-4-8-14-12/h11-12,14H,3-10H2,1-2H3/t11?,12-/m1/s1. The predicted molar refractivity (Wildman–Crippen MR) is 68.9 cm³/mol. The second-order valence-corrected chi connectivity index (χ2v) is 5.59. The molecule has 4 heteroatoms. The van der Waals surface area contributed by atoms with E-state index in [4.69, 9.17) is 0 Å². The summed E-state index contributed by atoms with van der Waals surface area (Å²) in [6.45, 7) is 2.95. The minimum Gasteiger partial charge on any atom is -0.337 e. The van der Waals surface area contributed by atoms with Crippen molar-refractivity contribution in [2.24, 2.45) is 0 Å². The van der Waals surface area contributed by atoms with Crippen LogP contribution in [0.3, 0.4) is 0 Å². The Bertz CT molecular complexity index is 261. The van der Waals surface area contributed by atoms with Crippen molar-refractivity contribution in [2.45, 2.75) is 44.2 Å². The van der Waals surface area contributed by atoms with Gasteiger partial charge < -0.3 is 15.1 Å². The van der Waals surface area contributed by atoms with Crippen molar-refractivity contribution in [1.29, 1.82) is 0 Å². The van der Waals surface area contributed by atoms with Crippen LogP contribution in [0.1, 0.15) is 32.1 Å². The summed E-state index contributed by atoms with van der Waals surface area (Å²) in [7, 11) is 4.17. The molecule has 98 valence electrons. The van der Waals surface area contributed by atoms with Crippen LogP contribution in [0.5, 0.6) is 0 Å². The van der Waals surface area contributed by atoms with Crippen LogP contribution in [0.15, 0.2) is 0 Å². The molecule has 2 heterocycles. The van der Waals surface area contributed by atoms with Gasteiger partial charge in [-0.05, 0) is 46.3 Å². The van der Waals surface area contributed by atoms with E-state index in [1.165, 1.54) is 12.8 Å². The lowest BCUT2D eigenvalue weighted by Gasteiger charge is -2.32. The summed E-state index contributed by atoms with van der Waals surface area (Å²) in [6.07, 6.45) is 5.75. The molecule has 17 heavy (non-hydrogen) atoms. The smallest absolute Gasteiger partial charge is 0.239 e. The molecule has 2 rings (SSSR count). The molecule has 1 N–H and O–H groups in total. The maximum Gasteiger partial charge on any atom is 0.239 e. The highest BCUT2D eigenvalue weighted by atomic mass is 16.2. The van der Waals surface area contributed by atoms with Crippen LogP contribution in [0.2, 0.25) is 0 Å². The monoisotopic (exact) mass is 239 g/mol. The third-order valence-corrected chi connectivity index (χ3v) is 3.84. The Labute approximate surface area is 104 Å². The summed E-state index contributed by atoms with van der Waals surface area (Å²) < 4.78 is 0. The Morgan fingerprint density at radius 1 is 1.29 bits per heavy atom.